The van der Waals surface area contributed by atoms with Crippen LogP contribution < -0.4 is 0 Å². The molecular formula is C18H16N2O6. The molecule has 134 valence electrons. The van der Waals surface area contributed by atoms with Crippen LogP contribution in [0.25, 0.3) is 0 Å². The van der Waals surface area contributed by atoms with Gasteiger partial charge in [-0.25, -0.2) is 4.79 Å². The quantitative estimate of drug-likeness (QED) is 0.339. The number of benzene rings is 2. The van der Waals surface area contributed by atoms with E-state index in [1.807, 2.05) is 0 Å². The van der Waals surface area contributed by atoms with Gasteiger partial charge in [-0.05, 0) is 47.5 Å². The third-order valence-corrected chi connectivity index (χ3v) is 3.32. The first-order valence-electron chi connectivity index (χ1n) is 7.40. The van der Waals surface area contributed by atoms with Crippen molar-refractivity contribution in [3.8, 4) is 11.5 Å². The zero-order chi connectivity index (χ0) is 18.9. The number of phenolic OH excluding ortho intramolecular Hbond substituents is 2. The Kier molecular flexibility index (Phi) is 6.44. The molecule has 0 radical (unpaired) electrons. The van der Waals surface area contributed by atoms with Crippen molar-refractivity contribution in [3.63, 3.8) is 0 Å². The van der Waals surface area contributed by atoms with Gasteiger partial charge in [-0.2, -0.15) is 10.2 Å². The topological polar surface area (TPSA) is 118 Å². The van der Waals surface area contributed by atoms with E-state index in [0.717, 1.165) is 0 Å². The molecule has 8 heteroatoms. The number of rotatable bonds is 7. The van der Waals surface area contributed by atoms with Gasteiger partial charge in [0, 0.05) is 5.56 Å². The molecule has 0 aliphatic heterocycles. The number of carbonyl (C=O) groups excluding carboxylic acids is 2. The van der Waals surface area contributed by atoms with Crippen LogP contribution in [-0.2, 0) is 20.9 Å². The largest absolute Gasteiger partial charge is 0.508 e. The van der Waals surface area contributed by atoms with Crippen LogP contribution in [0.15, 0.2) is 46.6 Å². The predicted molar refractivity (Wildman–Crippen MR) is 93.6 cm³/mol. The number of phenols is 2. The molecule has 0 spiro atoms. The van der Waals surface area contributed by atoms with Crippen molar-refractivity contribution in [1.29, 1.82) is 0 Å². The molecule has 0 bridgehead atoms. The Morgan fingerprint density at radius 2 is 1.65 bits per heavy atom. The normalized spacial score (nSPS) is 11.0. The summed E-state index contributed by atoms with van der Waals surface area (Å²) in [5.74, 6) is -0.839. The maximum Gasteiger partial charge on any atom is 0.341 e. The second-order valence-electron chi connectivity index (χ2n) is 5.05. The molecule has 0 aliphatic rings. The smallest absolute Gasteiger partial charge is 0.341 e. The van der Waals surface area contributed by atoms with E-state index in [9.17, 15) is 19.8 Å². The van der Waals surface area contributed by atoms with Crippen LogP contribution in [0.5, 0.6) is 11.5 Å². The Balaban J connectivity index is 2.10. The fraction of sp³-hybridized carbons (Fsp3) is 0.111. The summed E-state index contributed by atoms with van der Waals surface area (Å²) >= 11 is 0. The molecular weight excluding hydrogens is 340 g/mol. The lowest BCUT2D eigenvalue weighted by atomic mass is 10.1. The van der Waals surface area contributed by atoms with Crippen LogP contribution in [0.2, 0.25) is 0 Å². The zero-order valence-electron chi connectivity index (χ0n) is 13.8. The lowest BCUT2D eigenvalue weighted by Gasteiger charge is -2.03. The van der Waals surface area contributed by atoms with Crippen LogP contribution in [0.1, 0.15) is 27.0 Å². The van der Waals surface area contributed by atoms with Gasteiger partial charge in [-0.1, -0.05) is 0 Å². The maximum absolute atomic E-state index is 11.5. The Bertz CT molecular complexity index is 861. The van der Waals surface area contributed by atoms with Gasteiger partial charge in [0.1, 0.15) is 23.7 Å². The summed E-state index contributed by atoms with van der Waals surface area (Å²) in [4.78, 5) is 21.8. The van der Waals surface area contributed by atoms with E-state index in [-0.39, 0.29) is 23.7 Å². The molecule has 0 aromatic heterocycles. The number of hydrogen-bond donors (Lipinski definition) is 2. The van der Waals surface area contributed by atoms with Crippen molar-refractivity contribution in [2.75, 3.05) is 7.11 Å². The third-order valence-electron chi connectivity index (χ3n) is 3.32. The van der Waals surface area contributed by atoms with E-state index in [1.54, 1.807) is 18.2 Å². The highest BCUT2D eigenvalue weighted by Crippen LogP contribution is 2.19. The van der Waals surface area contributed by atoms with Crippen molar-refractivity contribution in [3.05, 3.63) is 58.7 Å². The highest BCUT2D eigenvalue weighted by atomic mass is 16.5. The first kappa shape index (κ1) is 18.7. The Morgan fingerprint density at radius 3 is 2.27 bits per heavy atom. The minimum Gasteiger partial charge on any atom is -0.508 e. The summed E-state index contributed by atoms with van der Waals surface area (Å²) < 4.78 is 9.19. The Morgan fingerprint density at radius 1 is 1.04 bits per heavy atom. The fourth-order valence-corrected chi connectivity index (χ4v) is 2.03. The number of ether oxygens (including phenoxy) is 2. The number of aromatic hydroxyl groups is 2. The molecule has 0 saturated heterocycles. The maximum atomic E-state index is 11.5. The van der Waals surface area contributed by atoms with Gasteiger partial charge in [-0.3, -0.25) is 4.79 Å². The molecule has 0 amide bonds. The predicted octanol–water partition coefficient (Wildman–Crippen LogP) is 2.01. The molecule has 2 N–H and O–H groups in total. The van der Waals surface area contributed by atoms with Crippen LogP contribution in [0, 0.1) is 0 Å². The van der Waals surface area contributed by atoms with E-state index in [2.05, 4.69) is 19.7 Å². The van der Waals surface area contributed by atoms with E-state index in [1.165, 1.54) is 37.7 Å². The molecule has 0 aliphatic carbocycles. The standard InChI is InChI=1S/C18H16N2O6/c1-25-18(24)15-7-13(3-5-17(15)23)9-20-19-8-12-2-4-16(22)14(6-12)10-26-11-21/h2-9,11,22-23H,10H2,1H3/b19-8+,20-9+. The molecule has 0 atom stereocenters. The molecule has 2 aromatic rings. The van der Waals surface area contributed by atoms with E-state index < -0.39 is 5.97 Å². The molecule has 0 saturated carbocycles. The van der Waals surface area contributed by atoms with Crippen LogP contribution in [-0.4, -0.2) is 42.2 Å². The van der Waals surface area contributed by atoms with Crippen molar-refractivity contribution >= 4 is 24.9 Å². The summed E-state index contributed by atoms with van der Waals surface area (Å²) in [7, 11) is 1.22. The van der Waals surface area contributed by atoms with Crippen molar-refractivity contribution < 1.29 is 29.3 Å². The van der Waals surface area contributed by atoms with E-state index in [0.29, 0.717) is 23.2 Å². The Labute approximate surface area is 149 Å². The van der Waals surface area contributed by atoms with Gasteiger partial charge in [0.2, 0.25) is 0 Å². The Hall–Kier alpha value is -3.68. The molecule has 0 fully saturated rings. The lowest BCUT2D eigenvalue weighted by Crippen LogP contribution is -2.02. The third kappa shape index (κ3) is 4.91. The average Bonchev–Trinajstić information content (AvgIpc) is 2.65. The van der Waals surface area contributed by atoms with Crippen molar-refractivity contribution in [1.82, 2.24) is 0 Å². The summed E-state index contributed by atoms with van der Waals surface area (Å²) in [5.41, 5.74) is 1.65. The van der Waals surface area contributed by atoms with Crippen molar-refractivity contribution in [2.24, 2.45) is 10.2 Å². The number of carbonyl (C=O) groups is 2. The summed E-state index contributed by atoms with van der Waals surface area (Å²) in [6.45, 7) is 0.245. The molecule has 8 nitrogen and oxygen atoms in total. The highest BCUT2D eigenvalue weighted by molar-refractivity contribution is 5.95. The van der Waals surface area contributed by atoms with E-state index >= 15 is 0 Å². The van der Waals surface area contributed by atoms with Gasteiger partial charge in [0.25, 0.3) is 6.47 Å². The summed E-state index contributed by atoms with van der Waals surface area (Å²) in [6.07, 6.45) is 2.85. The number of methoxy groups -OCH3 is 1. The van der Waals surface area contributed by atoms with Crippen molar-refractivity contribution in [2.45, 2.75) is 6.61 Å². The van der Waals surface area contributed by atoms with Gasteiger partial charge in [0.05, 0.1) is 19.5 Å². The fourth-order valence-electron chi connectivity index (χ4n) is 2.03. The summed E-state index contributed by atoms with van der Waals surface area (Å²) in [5, 5.41) is 27.1. The molecule has 26 heavy (non-hydrogen) atoms. The van der Waals surface area contributed by atoms with Gasteiger partial charge < -0.3 is 19.7 Å². The second kappa shape index (κ2) is 8.97. The second-order valence-corrected chi connectivity index (χ2v) is 5.05. The number of esters is 1. The summed E-state index contributed by atoms with van der Waals surface area (Å²) in [6, 6.07) is 9.03. The molecule has 2 aromatic carbocycles. The van der Waals surface area contributed by atoms with Gasteiger partial charge in [0.15, 0.2) is 0 Å². The number of nitrogens with zero attached hydrogens (tertiary/aromatic N) is 2. The van der Waals surface area contributed by atoms with Crippen LogP contribution >= 0.6 is 0 Å². The SMILES string of the molecule is COC(=O)c1cc(/C=N/N=C/c2ccc(O)c(COC=O)c2)ccc1O. The lowest BCUT2D eigenvalue weighted by molar-refractivity contribution is -0.129. The first-order valence-corrected chi connectivity index (χ1v) is 7.40. The van der Waals surface area contributed by atoms with E-state index in [4.69, 9.17) is 0 Å². The molecule has 0 unspecified atom stereocenters. The van der Waals surface area contributed by atoms with Crippen LogP contribution in [0.4, 0.5) is 0 Å². The molecule has 2 rings (SSSR count). The average molecular weight is 356 g/mol. The monoisotopic (exact) mass is 356 g/mol. The highest BCUT2D eigenvalue weighted by Gasteiger charge is 2.11. The first-order chi connectivity index (χ1) is 12.5. The van der Waals surface area contributed by atoms with Gasteiger partial charge >= 0.3 is 5.97 Å². The number of hydrogen-bond acceptors (Lipinski definition) is 8. The van der Waals surface area contributed by atoms with Crippen LogP contribution in [0.3, 0.4) is 0 Å². The minimum absolute atomic E-state index is 0.00642. The zero-order valence-corrected chi connectivity index (χ0v) is 13.8. The van der Waals surface area contributed by atoms with Gasteiger partial charge in [-0.15, -0.1) is 0 Å². The molecule has 0 heterocycles. The minimum atomic E-state index is -0.657.